The van der Waals surface area contributed by atoms with Crippen LogP contribution in [-0.2, 0) is 11.2 Å². The number of aryl methyl sites for hydroxylation is 1. The summed E-state index contributed by atoms with van der Waals surface area (Å²) in [6, 6.07) is 16.6. The number of amides is 1. The summed E-state index contributed by atoms with van der Waals surface area (Å²) in [4.78, 5) is 18.9. The van der Waals surface area contributed by atoms with Gasteiger partial charge in [0.25, 0.3) is 0 Å². The number of nitrogens with zero attached hydrogens (tertiary/aromatic N) is 3. The molecule has 2 aromatic carbocycles. The molecule has 1 N–H and O–H groups in total. The zero-order valence-electron chi connectivity index (χ0n) is 17.3. The van der Waals surface area contributed by atoms with Crippen molar-refractivity contribution in [3.63, 3.8) is 0 Å². The summed E-state index contributed by atoms with van der Waals surface area (Å²) in [5.41, 5.74) is 4.44. The van der Waals surface area contributed by atoms with E-state index in [0.29, 0.717) is 13.0 Å². The second-order valence-electron chi connectivity index (χ2n) is 8.03. The van der Waals surface area contributed by atoms with Crippen molar-refractivity contribution >= 4 is 17.3 Å². The Labute approximate surface area is 173 Å². The van der Waals surface area contributed by atoms with Crippen LogP contribution in [0.25, 0.3) is 0 Å². The van der Waals surface area contributed by atoms with Crippen molar-refractivity contribution in [3.05, 3.63) is 59.7 Å². The first-order valence-electron chi connectivity index (χ1n) is 10.8. The normalized spacial score (nSPS) is 18.4. The van der Waals surface area contributed by atoms with Gasteiger partial charge in [0, 0.05) is 57.1 Å². The summed E-state index contributed by atoms with van der Waals surface area (Å²) in [6.45, 7) is 7.23. The number of rotatable bonds is 5. The molecule has 2 aliphatic heterocycles. The van der Waals surface area contributed by atoms with Gasteiger partial charge in [-0.2, -0.15) is 0 Å². The number of hydrogen-bond donors (Lipinski definition) is 1. The molecule has 0 saturated carbocycles. The topological polar surface area (TPSA) is 47.0 Å². The Morgan fingerprint density at radius 3 is 2.52 bits per heavy atom. The maximum atomic E-state index is 12.2. The van der Waals surface area contributed by atoms with Crippen molar-refractivity contribution in [2.24, 2.45) is 0 Å². The third-order valence-electron chi connectivity index (χ3n) is 6.14. The Morgan fingerprint density at radius 1 is 1.03 bits per heavy atom. The minimum absolute atomic E-state index is 0.176. The zero-order valence-corrected chi connectivity index (χ0v) is 17.3. The minimum Gasteiger partial charge on any atom is -0.387 e. The summed E-state index contributed by atoms with van der Waals surface area (Å²) in [5.74, 6) is 0.176. The molecule has 2 heterocycles. The summed E-state index contributed by atoms with van der Waals surface area (Å²) in [7, 11) is 0. The predicted molar refractivity (Wildman–Crippen MR) is 117 cm³/mol. The van der Waals surface area contributed by atoms with E-state index in [2.05, 4.69) is 40.1 Å². The second-order valence-corrected chi connectivity index (χ2v) is 8.03. The van der Waals surface area contributed by atoms with Crippen LogP contribution < -0.4 is 9.80 Å². The van der Waals surface area contributed by atoms with Crippen molar-refractivity contribution in [1.29, 1.82) is 0 Å². The molecule has 0 aliphatic carbocycles. The molecule has 0 unspecified atom stereocenters. The van der Waals surface area contributed by atoms with E-state index in [0.717, 1.165) is 56.8 Å². The molecule has 5 heteroatoms. The van der Waals surface area contributed by atoms with Gasteiger partial charge in [-0.05, 0) is 42.2 Å². The minimum atomic E-state index is -0.499. The highest BCUT2D eigenvalue weighted by Gasteiger charge is 2.24. The van der Waals surface area contributed by atoms with Crippen molar-refractivity contribution < 1.29 is 9.90 Å². The molecular formula is C24H31N3O2. The number of carbonyl (C=O) groups is 1. The van der Waals surface area contributed by atoms with Crippen LogP contribution in [0.1, 0.15) is 37.0 Å². The number of benzene rings is 2. The average Bonchev–Trinajstić information content (AvgIpc) is 2.78. The van der Waals surface area contributed by atoms with E-state index < -0.39 is 6.10 Å². The summed E-state index contributed by atoms with van der Waals surface area (Å²) in [5, 5.41) is 10.8. The smallest absolute Gasteiger partial charge is 0.226 e. The molecule has 5 nitrogen and oxygen atoms in total. The lowest BCUT2D eigenvalue weighted by atomic mass is 9.96. The number of para-hydroxylation sites is 1. The van der Waals surface area contributed by atoms with Crippen LogP contribution in [0.5, 0.6) is 0 Å². The number of β-amino-alcohol motifs (C(OH)–C–C–N with tert-alkyl or cyclic N) is 1. The van der Waals surface area contributed by atoms with Gasteiger partial charge in [-0.15, -0.1) is 0 Å². The van der Waals surface area contributed by atoms with Crippen LogP contribution in [0.2, 0.25) is 0 Å². The molecule has 0 aromatic heterocycles. The predicted octanol–water partition coefficient (Wildman–Crippen LogP) is 3.23. The van der Waals surface area contributed by atoms with Gasteiger partial charge >= 0.3 is 0 Å². The maximum Gasteiger partial charge on any atom is 0.226 e. The van der Waals surface area contributed by atoms with Crippen molar-refractivity contribution in [2.75, 3.05) is 49.1 Å². The molecule has 2 aromatic rings. The maximum absolute atomic E-state index is 12.2. The standard InChI is InChI=1S/C24H31N3O2/c1-2-24(29)27-12-6-7-19-17-20(10-11-22(19)27)23(28)18-25-13-15-26(16-14-25)21-8-4-3-5-9-21/h3-5,8-11,17,23,28H,2,6-7,12-16,18H2,1H3/t23-/m1/s1. The first kappa shape index (κ1) is 19.9. The van der Waals surface area contributed by atoms with Gasteiger partial charge in [0.05, 0.1) is 6.10 Å². The number of hydrogen-bond acceptors (Lipinski definition) is 4. The monoisotopic (exact) mass is 393 g/mol. The fourth-order valence-electron chi connectivity index (χ4n) is 4.45. The molecule has 29 heavy (non-hydrogen) atoms. The SMILES string of the molecule is CCC(=O)N1CCCc2cc([C@H](O)CN3CCN(c4ccccc4)CC3)ccc21. The number of aliphatic hydroxyl groups excluding tert-OH is 1. The van der Waals surface area contributed by atoms with Crippen LogP contribution in [-0.4, -0.2) is 55.2 Å². The van der Waals surface area contributed by atoms with Gasteiger partial charge in [-0.3, -0.25) is 9.69 Å². The second kappa shape index (κ2) is 8.97. The number of piperazine rings is 1. The lowest BCUT2D eigenvalue weighted by Crippen LogP contribution is -2.47. The molecule has 4 rings (SSSR count). The number of anilines is 2. The number of fused-ring (bicyclic) bond motifs is 1. The van der Waals surface area contributed by atoms with E-state index in [1.165, 1.54) is 11.3 Å². The molecule has 154 valence electrons. The average molecular weight is 394 g/mol. The molecule has 1 atom stereocenters. The van der Waals surface area contributed by atoms with Crippen molar-refractivity contribution in [2.45, 2.75) is 32.3 Å². The highest BCUT2D eigenvalue weighted by molar-refractivity contribution is 5.94. The Bertz CT molecular complexity index is 831. The van der Waals surface area contributed by atoms with E-state index in [9.17, 15) is 9.90 Å². The summed E-state index contributed by atoms with van der Waals surface area (Å²) < 4.78 is 0. The van der Waals surface area contributed by atoms with Gasteiger partial charge in [0.2, 0.25) is 5.91 Å². The Morgan fingerprint density at radius 2 is 1.79 bits per heavy atom. The molecule has 0 spiro atoms. The fourth-order valence-corrected chi connectivity index (χ4v) is 4.45. The van der Waals surface area contributed by atoms with Gasteiger partial charge in [-0.25, -0.2) is 0 Å². The molecule has 1 amide bonds. The fraction of sp³-hybridized carbons (Fsp3) is 0.458. The van der Waals surface area contributed by atoms with E-state index in [4.69, 9.17) is 0 Å². The molecule has 1 fully saturated rings. The van der Waals surface area contributed by atoms with E-state index in [1.807, 2.05) is 30.0 Å². The Balaban J connectivity index is 1.37. The highest BCUT2D eigenvalue weighted by atomic mass is 16.3. The van der Waals surface area contributed by atoms with E-state index in [1.54, 1.807) is 0 Å². The van der Waals surface area contributed by atoms with E-state index >= 15 is 0 Å². The number of aliphatic hydroxyl groups is 1. The molecule has 2 aliphatic rings. The third kappa shape index (κ3) is 4.46. The lowest BCUT2D eigenvalue weighted by molar-refractivity contribution is -0.118. The van der Waals surface area contributed by atoms with Crippen molar-refractivity contribution in [3.8, 4) is 0 Å². The van der Waals surface area contributed by atoms with Gasteiger partial charge < -0.3 is 14.9 Å². The van der Waals surface area contributed by atoms with Gasteiger partial charge in [-0.1, -0.05) is 37.3 Å². The molecule has 1 saturated heterocycles. The molecule has 0 bridgehead atoms. The largest absolute Gasteiger partial charge is 0.387 e. The van der Waals surface area contributed by atoms with Gasteiger partial charge in [0.15, 0.2) is 0 Å². The third-order valence-corrected chi connectivity index (χ3v) is 6.14. The first-order chi connectivity index (χ1) is 14.2. The molecule has 0 radical (unpaired) electrons. The molecular weight excluding hydrogens is 362 g/mol. The first-order valence-corrected chi connectivity index (χ1v) is 10.8. The van der Waals surface area contributed by atoms with Crippen LogP contribution in [0.15, 0.2) is 48.5 Å². The Kier molecular flexibility index (Phi) is 6.16. The lowest BCUT2D eigenvalue weighted by Gasteiger charge is -2.37. The quantitative estimate of drug-likeness (QED) is 0.847. The van der Waals surface area contributed by atoms with Crippen molar-refractivity contribution in [1.82, 2.24) is 4.90 Å². The highest BCUT2D eigenvalue weighted by Crippen LogP contribution is 2.30. The van der Waals surface area contributed by atoms with Crippen LogP contribution in [0, 0.1) is 0 Å². The number of carbonyl (C=O) groups excluding carboxylic acids is 1. The van der Waals surface area contributed by atoms with Crippen LogP contribution in [0.4, 0.5) is 11.4 Å². The van der Waals surface area contributed by atoms with Crippen LogP contribution in [0.3, 0.4) is 0 Å². The van der Waals surface area contributed by atoms with E-state index in [-0.39, 0.29) is 5.91 Å². The Hall–Kier alpha value is -2.37. The summed E-state index contributed by atoms with van der Waals surface area (Å²) in [6.07, 6.45) is 1.98. The summed E-state index contributed by atoms with van der Waals surface area (Å²) >= 11 is 0. The zero-order chi connectivity index (χ0) is 20.2. The van der Waals surface area contributed by atoms with Gasteiger partial charge in [0.1, 0.15) is 0 Å². The van der Waals surface area contributed by atoms with Crippen LogP contribution >= 0.6 is 0 Å².